The average Bonchev–Trinajstić information content (AvgIpc) is 3.89. The maximum Gasteiger partial charge on any atom is 0.389 e. The maximum absolute atomic E-state index is 14.8. The van der Waals surface area contributed by atoms with Crippen molar-refractivity contribution < 1.29 is 53.0 Å². The lowest BCUT2D eigenvalue weighted by Gasteiger charge is -2.28. The van der Waals surface area contributed by atoms with Crippen LogP contribution in [0.4, 0.5) is 5.82 Å². The van der Waals surface area contributed by atoms with Gasteiger partial charge in [0.05, 0.1) is 25.6 Å². The minimum Gasteiger partial charge on any atom is -0.508 e. The van der Waals surface area contributed by atoms with E-state index in [0.717, 1.165) is 22.0 Å². The normalized spacial score (nSPS) is 25.3. The molecule has 3 unspecified atom stereocenters. The Balaban J connectivity index is 1.09. The van der Waals surface area contributed by atoms with E-state index in [1.807, 2.05) is 0 Å². The fraction of sp³-hybridized carbons (Fsp3) is 0.382. The molecule has 0 bridgehead atoms. The largest absolute Gasteiger partial charge is 0.508 e. The van der Waals surface area contributed by atoms with Crippen molar-refractivity contribution in [1.82, 2.24) is 29.1 Å². The molecule has 20 nitrogen and oxygen atoms in total. The predicted molar refractivity (Wildman–Crippen MR) is 197 cm³/mol. The van der Waals surface area contributed by atoms with Crippen LogP contribution in [0.25, 0.3) is 11.2 Å². The number of benzene rings is 2. The summed E-state index contributed by atoms with van der Waals surface area (Å²) in [5.74, 6) is 0.616. The lowest BCUT2D eigenvalue weighted by atomic mass is 10.1. The number of methoxy groups -OCH3 is 1. The Morgan fingerprint density at radius 2 is 1.80 bits per heavy atom. The topological polar surface area (TPSA) is 278 Å². The molecule has 0 spiro atoms. The van der Waals surface area contributed by atoms with Crippen molar-refractivity contribution in [3.05, 3.63) is 105 Å². The van der Waals surface area contributed by atoms with Gasteiger partial charge in [-0.25, -0.2) is 24.3 Å². The summed E-state index contributed by atoms with van der Waals surface area (Å²) in [6, 6.07) is 13.6. The van der Waals surface area contributed by atoms with Gasteiger partial charge in [0.1, 0.15) is 54.0 Å². The van der Waals surface area contributed by atoms with Crippen LogP contribution < -0.4 is 21.7 Å². The number of anilines is 1. The number of aliphatic hydroxyl groups is 3. The van der Waals surface area contributed by atoms with Crippen LogP contribution in [0.3, 0.4) is 0 Å². The molecule has 0 amide bonds. The molecule has 56 heavy (non-hydrogen) atoms. The van der Waals surface area contributed by atoms with E-state index in [-0.39, 0.29) is 23.7 Å². The third-order valence-corrected chi connectivity index (χ3v) is 12.8. The molecule has 0 aliphatic carbocycles. The van der Waals surface area contributed by atoms with Crippen molar-refractivity contribution in [2.45, 2.75) is 61.4 Å². The molecule has 7 rings (SSSR count). The SMILES string of the molecule is COC1[C@@H](OP(=O)(OC[C@H]2O[C@@H](n3cnc4c(N)ncnc43)C[C@H]2O)SCc2ccc(OC(O)c3ccc(O)cc3)cc2)[C@@H](CO)O[C@H]1n1ccc(=O)[nH]c1=O. The molecular formula is C34H38N7O13PS. The molecule has 2 aliphatic heterocycles. The second-order valence-corrected chi connectivity index (χ2v) is 16.8. The highest BCUT2D eigenvalue weighted by Gasteiger charge is 2.51. The van der Waals surface area contributed by atoms with Gasteiger partial charge in [-0.15, -0.1) is 0 Å². The Bertz CT molecular complexity index is 2290. The van der Waals surface area contributed by atoms with Gasteiger partial charge >= 0.3 is 12.5 Å². The number of imidazole rings is 1. The molecule has 2 aliphatic rings. The van der Waals surface area contributed by atoms with E-state index >= 15 is 0 Å². The molecule has 0 radical (unpaired) electrons. The summed E-state index contributed by atoms with van der Waals surface area (Å²) in [4.78, 5) is 39.0. The second-order valence-electron chi connectivity index (χ2n) is 12.8. The minimum absolute atomic E-state index is 0.0445. The standard InChI is InChI=1S/C34H38N7O13PS/c1-49-29-28(23(13-42)53-32(29)40-11-10-25(45)39-34(40)47)54-55(48,56-15-18-2-8-21(9-3-18)51-33(46)19-4-6-20(43)7-5-19)50-14-24-22(44)12-26(52-24)41-17-38-27-30(35)36-16-37-31(27)41/h2-11,16-17,22-24,26,28-29,32-33,42-44,46H,12-15H2,1H3,(H2,35,36,37)(H,39,45,47)/t22-,23-,24-,26-,28+,29?,32-,33?,55?/m1/s1. The molecular weight excluding hydrogens is 777 g/mol. The smallest absolute Gasteiger partial charge is 0.389 e. The number of nitrogens with one attached hydrogen (secondary N) is 1. The van der Waals surface area contributed by atoms with Crippen LogP contribution in [-0.2, 0) is 33.6 Å². The highest BCUT2D eigenvalue weighted by Crippen LogP contribution is 2.64. The van der Waals surface area contributed by atoms with Crippen molar-refractivity contribution in [3.63, 3.8) is 0 Å². The Hall–Kier alpha value is -4.67. The van der Waals surface area contributed by atoms with E-state index in [9.17, 15) is 34.6 Å². The first-order valence-electron chi connectivity index (χ1n) is 17.1. The molecule has 5 aromatic rings. The molecule has 5 heterocycles. The fourth-order valence-electron chi connectivity index (χ4n) is 6.27. The molecule has 298 valence electrons. The molecule has 22 heteroatoms. The van der Waals surface area contributed by atoms with E-state index in [4.69, 9.17) is 33.7 Å². The van der Waals surface area contributed by atoms with Crippen LogP contribution in [0.2, 0.25) is 0 Å². The highest BCUT2D eigenvalue weighted by atomic mass is 32.7. The number of ether oxygens (including phenoxy) is 4. The zero-order valence-corrected chi connectivity index (χ0v) is 31.2. The predicted octanol–water partition coefficient (Wildman–Crippen LogP) is 1.73. The van der Waals surface area contributed by atoms with Gasteiger partial charge in [-0.2, -0.15) is 0 Å². The molecule has 3 aromatic heterocycles. The quantitative estimate of drug-likeness (QED) is 0.0648. The lowest BCUT2D eigenvalue weighted by Crippen LogP contribution is -2.39. The van der Waals surface area contributed by atoms with Crippen LogP contribution in [0.5, 0.6) is 11.5 Å². The summed E-state index contributed by atoms with van der Waals surface area (Å²) in [5, 5.41) is 41.3. The number of aromatic nitrogens is 6. The zero-order chi connectivity index (χ0) is 39.6. The summed E-state index contributed by atoms with van der Waals surface area (Å²) in [7, 11) is 1.32. The second kappa shape index (κ2) is 16.8. The third kappa shape index (κ3) is 8.51. The summed E-state index contributed by atoms with van der Waals surface area (Å²) < 4.78 is 52.9. The number of aliphatic hydroxyl groups excluding tert-OH is 3. The molecule has 2 aromatic carbocycles. The van der Waals surface area contributed by atoms with Crippen molar-refractivity contribution >= 4 is 35.2 Å². The molecule has 2 fully saturated rings. The van der Waals surface area contributed by atoms with E-state index in [1.54, 1.807) is 28.8 Å². The Kier molecular flexibility index (Phi) is 11.9. The van der Waals surface area contributed by atoms with Crippen molar-refractivity contribution in [1.29, 1.82) is 0 Å². The van der Waals surface area contributed by atoms with Gasteiger partial charge in [-0.1, -0.05) is 12.1 Å². The Morgan fingerprint density at radius 3 is 2.52 bits per heavy atom. The van der Waals surface area contributed by atoms with Crippen molar-refractivity contribution in [2.75, 3.05) is 26.1 Å². The number of hydrogen-bond acceptors (Lipinski definition) is 18. The molecule has 0 saturated carbocycles. The van der Waals surface area contributed by atoms with Crippen molar-refractivity contribution in [3.8, 4) is 11.5 Å². The highest BCUT2D eigenvalue weighted by molar-refractivity contribution is 8.54. The Morgan fingerprint density at radius 1 is 1.04 bits per heavy atom. The number of phenols is 1. The fourth-order valence-corrected chi connectivity index (χ4v) is 9.65. The lowest BCUT2D eigenvalue weighted by molar-refractivity contribution is -0.0625. The Labute approximate surface area is 321 Å². The summed E-state index contributed by atoms with van der Waals surface area (Å²) >= 11 is 0.801. The number of hydrogen-bond donors (Lipinski definition) is 6. The van der Waals surface area contributed by atoms with E-state index in [1.165, 1.54) is 50.2 Å². The number of nitrogens with two attached hydrogens (primary N) is 1. The van der Waals surface area contributed by atoms with Crippen LogP contribution in [0.1, 0.15) is 36.3 Å². The number of rotatable bonds is 15. The van der Waals surface area contributed by atoms with Crippen LogP contribution >= 0.6 is 18.2 Å². The first-order valence-corrected chi connectivity index (χ1v) is 20.3. The van der Waals surface area contributed by atoms with Crippen molar-refractivity contribution in [2.24, 2.45) is 0 Å². The number of fused-ring (bicyclic) bond motifs is 1. The first-order chi connectivity index (χ1) is 26.9. The van der Waals surface area contributed by atoms with Crippen LogP contribution in [0, 0.1) is 0 Å². The number of nitrogens with zero attached hydrogens (tertiary/aromatic N) is 5. The van der Waals surface area contributed by atoms with Gasteiger partial charge in [-0.05, 0) is 53.3 Å². The van der Waals surface area contributed by atoms with E-state index in [2.05, 4.69) is 19.9 Å². The van der Waals surface area contributed by atoms with Gasteiger partial charge in [0.25, 0.3) is 5.56 Å². The molecule has 2 saturated heterocycles. The zero-order valence-electron chi connectivity index (χ0n) is 29.5. The number of H-pyrrole nitrogens is 1. The van der Waals surface area contributed by atoms with Gasteiger partial charge < -0.3 is 45.1 Å². The minimum atomic E-state index is -4.29. The van der Waals surface area contributed by atoms with Gasteiger partial charge in [0, 0.05) is 37.1 Å². The number of aromatic hydroxyl groups is 1. The average molecular weight is 816 g/mol. The summed E-state index contributed by atoms with van der Waals surface area (Å²) in [6.45, 7) is -5.32. The summed E-state index contributed by atoms with van der Waals surface area (Å²) in [5.41, 5.74) is 6.33. The number of aromatic amines is 1. The van der Waals surface area contributed by atoms with Crippen LogP contribution in [-0.4, -0.2) is 100 Å². The van der Waals surface area contributed by atoms with E-state index in [0.29, 0.717) is 28.0 Å². The molecule has 7 N–H and O–H groups in total. The molecule has 9 atom stereocenters. The summed E-state index contributed by atoms with van der Waals surface area (Å²) in [6.07, 6.45) is -4.74. The van der Waals surface area contributed by atoms with E-state index < -0.39 is 80.5 Å². The monoisotopic (exact) mass is 815 g/mol. The number of nitrogen functional groups attached to an aromatic ring is 1. The third-order valence-electron chi connectivity index (χ3n) is 9.15. The maximum atomic E-state index is 14.8. The number of phenolic OH excluding ortho intramolecular Hbond substituents is 1. The van der Waals surface area contributed by atoms with Gasteiger partial charge in [0.2, 0.25) is 6.29 Å². The van der Waals surface area contributed by atoms with Crippen LogP contribution in [0.15, 0.2) is 83.0 Å². The first kappa shape index (κ1) is 39.6. The van der Waals surface area contributed by atoms with Gasteiger partial charge in [0.15, 0.2) is 17.7 Å². The van der Waals surface area contributed by atoms with Gasteiger partial charge in [-0.3, -0.25) is 28.0 Å².